The van der Waals surface area contributed by atoms with Gasteiger partial charge in [0.25, 0.3) is 0 Å². The summed E-state index contributed by atoms with van der Waals surface area (Å²) in [5.74, 6) is 1.13. The number of benzene rings is 2. The summed E-state index contributed by atoms with van der Waals surface area (Å²) in [4.78, 5) is 24.2. The van der Waals surface area contributed by atoms with E-state index in [0.717, 1.165) is 0 Å². The van der Waals surface area contributed by atoms with Gasteiger partial charge in [-0.1, -0.05) is 0 Å². The van der Waals surface area contributed by atoms with E-state index in [4.69, 9.17) is 23.7 Å². The zero-order valence-electron chi connectivity index (χ0n) is 17.8. The zero-order chi connectivity index (χ0) is 21.8. The number of hydrogen-bond acceptors (Lipinski definition) is 7. The Hall–Kier alpha value is -3.00. The van der Waals surface area contributed by atoms with Crippen molar-refractivity contribution < 1.29 is 33.3 Å². The van der Waals surface area contributed by atoms with E-state index in [1.54, 1.807) is 39.8 Å². The minimum absolute atomic E-state index is 0.00901. The molecule has 0 aliphatic heterocycles. The van der Waals surface area contributed by atoms with E-state index in [-0.39, 0.29) is 6.79 Å². The predicted octanol–water partition coefficient (Wildman–Crippen LogP) is 4.31. The van der Waals surface area contributed by atoms with Crippen LogP contribution in [0.15, 0.2) is 12.1 Å². The molecule has 0 saturated carbocycles. The van der Waals surface area contributed by atoms with Gasteiger partial charge in [0.05, 0.1) is 25.5 Å². The molecular weight excluding hydrogens is 378 g/mol. The van der Waals surface area contributed by atoms with Crippen LogP contribution in [0.3, 0.4) is 0 Å². The third kappa shape index (κ3) is 4.89. The molecule has 8 nitrogen and oxygen atoms in total. The first kappa shape index (κ1) is 22.3. The number of rotatable bonds is 7. The molecule has 2 aromatic rings. The number of hydrogen-bond donors (Lipinski definition) is 1. The molecule has 29 heavy (non-hydrogen) atoms. The number of amides is 1. The lowest BCUT2D eigenvalue weighted by molar-refractivity contribution is 0.0501. The van der Waals surface area contributed by atoms with Crippen LogP contribution in [-0.2, 0) is 9.47 Å². The molecular formula is C21H27NO7. The summed E-state index contributed by atoms with van der Waals surface area (Å²) in [7, 11) is 4.45. The normalized spacial score (nSPS) is 11.1. The van der Waals surface area contributed by atoms with Crippen LogP contribution in [0, 0.1) is 6.92 Å². The van der Waals surface area contributed by atoms with Crippen LogP contribution >= 0.6 is 0 Å². The molecule has 2 aromatic carbocycles. The van der Waals surface area contributed by atoms with Gasteiger partial charge in [-0.3, -0.25) is 10.1 Å². The van der Waals surface area contributed by atoms with Crippen molar-refractivity contribution in [1.82, 2.24) is 0 Å². The van der Waals surface area contributed by atoms with Gasteiger partial charge in [-0.25, -0.2) is 4.79 Å². The van der Waals surface area contributed by atoms with E-state index >= 15 is 0 Å². The molecule has 0 aliphatic carbocycles. The average Bonchev–Trinajstić information content (AvgIpc) is 2.63. The van der Waals surface area contributed by atoms with Crippen molar-refractivity contribution in [2.24, 2.45) is 0 Å². The number of anilines is 1. The van der Waals surface area contributed by atoms with Gasteiger partial charge < -0.3 is 23.7 Å². The van der Waals surface area contributed by atoms with Crippen LogP contribution in [-0.4, -0.2) is 46.1 Å². The molecule has 0 unspecified atom stereocenters. The molecule has 8 heteroatoms. The maximum atomic E-state index is 12.3. The second-order valence-electron chi connectivity index (χ2n) is 7.31. The molecule has 0 saturated heterocycles. The smallest absolute Gasteiger partial charge is 0.412 e. The number of aldehydes is 1. The minimum Gasteiger partial charge on any atom is -0.496 e. The first-order chi connectivity index (χ1) is 13.7. The Bertz CT molecular complexity index is 916. The Morgan fingerprint density at radius 2 is 1.79 bits per heavy atom. The zero-order valence-corrected chi connectivity index (χ0v) is 17.8. The SMILES string of the molecule is COCOc1c(C)cc2c(OC)c(NC(=O)OC(C)(C)C)cc(OC)c2c1C=O. The van der Waals surface area contributed by atoms with Gasteiger partial charge in [0.1, 0.15) is 17.1 Å². The lowest BCUT2D eigenvalue weighted by atomic mass is 9.98. The quantitative estimate of drug-likeness (QED) is 0.542. The largest absolute Gasteiger partial charge is 0.496 e. The van der Waals surface area contributed by atoms with E-state index in [0.29, 0.717) is 51.1 Å². The summed E-state index contributed by atoms with van der Waals surface area (Å²) in [6, 6.07) is 3.38. The van der Waals surface area contributed by atoms with Crippen LogP contribution in [0.1, 0.15) is 36.7 Å². The Balaban J connectivity index is 2.72. The number of ether oxygens (including phenoxy) is 5. The highest BCUT2D eigenvalue weighted by molar-refractivity contribution is 6.10. The van der Waals surface area contributed by atoms with Gasteiger partial charge in [-0.2, -0.15) is 0 Å². The predicted molar refractivity (Wildman–Crippen MR) is 110 cm³/mol. The molecule has 0 spiro atoms. The van der Waals surface area contributed by atoms with E-state index in [1.165, 1.54) is 21.3 Å². The van der Waals surface area contributed by atoms with Crippen LogP contribution in [0.4, 0.5) is 10.5 Å². The fraction of sp³-hybridized carbons (Fsp3) is 0.429. The second-order valence-corrected chi connectivity index (χ2v) is 7.31. The highest BCUT2D eigenvalue weighted by Crippen LogP contribution is 2.45. The summed E-state index contributed by atoms with van der Waals surface area (Å²) in [6.45, 7) is 7.10. The summed E-state index contributed by atoms with van der Waals surface area (Å²) >= 11 is 0. The van der Waals surface area contributed by atoms with Crippen molar-refractivity contribution in [2.45, 2.75) is 33.3 Å². The van der Waals surface area contributed by atoms with Crippen LogP contribution in [0.5, 0.6) is 17.2 Å². The van der Waals surface area contributed by atoms with Gasteiger partial charge >= 0.3 is 6.09 Å². The molecule has 0 heterocycles. The molecule has 158 valence electrons. The molecule has 2 rings (SSSR count). The maximum absolute atomic E-state index is 12.3. The number of fused-ring (bicyclic) bond motifs is 1. The topological polar surface area (TPSA) is 92.3 Å². The Labute approximate surface area is 170 Å². The molecule has 1 amide bonds. The average molecular weight is 405 g/mol. The van der Waals surface area contributed by atoms with E-state index in [2.05, 4.69) is 5.32 Å². The number of nitrogens with one attached hydrogen (secondary N) is 1. The van der Waals surface area contributed by atoms with Crippen LogP contribution in [0.25, 0.3) is 10.8 Å². The maximum Gasteiger partial charge on any atom is 0.412 e. The van der Waals surface area contributed by atoms with E-state index in [1.807, 2.05) is 0 Å². The van der Waals surface area contributed by atoms with Gasteiger partial charge in [0.15, 0.2) is 18.8 Å². The molecule has 0 atom stereocenters. The first-order valence-electron chi connectivity index (χ1n) is 8.96. The van der Waals surface area contributed by atoms with Crippen LogP contribution < -0.4 is 19.5 Å². The Morgan fingerprint density at radius 3 is 2.31 bits per heavy atom. The second kappa shape index (κ2) is 9.00. The summed E-state index contributed by atoms with van der Waals surface area (Å²) in [6.07, 6.45) is 0.0630. The summed E-state index contributed by atoms with van der Waals surface area (Å²) < 4.78 is 26.9. The highest BCUT2D eigenvalue weighted by Gasteiger charge is 2.24. The number of aryl methyl sites for hydroxylation is 1. The summed E-state index contributed by atoms with van der Waals surface area (Å²) in [5, 5.41) is 3.78. The number of methoxy groups -OCH3 is 3. The van der Waals surface area contributed by atoms with Crippen molar-refractivity contribution in [3.05, 3.63) is 23.3 Å². The van der Waals surface area contributed by atoms with Crippen molar-refractivity contribution in [3.63, 3.8) is 0 Å². The monoisotopic (exact) mass is 405 g/mol. The Kier molecular flexibility index (Phi) is 6.92. The van der Waals surface area contributed by atoms with Crippen LogP contribution in [0.2, 0.25) is 0 Å². The third-order valence-corrected chi connectivity index (χ3v) is 4.01. The Morgan fingerprint density at radius 1 is 1.10 bits per heavy atom. The third-order valence-electron chi connectivity index (χ3n) is 4.01. The molecule has 1 N–H and O–H groups in total. The van der Waals surface area contributed by atoms with Crippen molar-refractivity contribution >= 4 is 28.8 Å². The van der Waals surface area contributed by atoms with Crippen molar-refractivity contribution in [1.29, 1.82) is 0 Å². The summed E-state index contributed by atoms with van der Waals surface area (Å²) in [5.41, 5.74) is 0.697. The molecule has 0 radical (unpaired) electrons. The van der Waals surface area contributed by atoms with E-state index in [9.17, 15) is 9.59 Å². The molecule has 0 bridgehead atoms. The lowest BCUT2D eigenvalue weighted by Crippen LogP contribution is -2.27. The molecule has 0 aliphatic rings. The molecule has 0 aromatic heterocycles. The molecule has 0 fully saturated rings. The lowest BCUT2D eigenvalue weighted by Gasteiger charge is -2.22. The number of carbonyl (C=O) groups excluding carboxylic acids is 2. The first-order valence-corrected chi connectivity index (χ1v) is 8.96. The van der Waals surface area contributed by atoms with Gasteiger partial charge in [-0.15, -0.1) is 0 Å². The van der Waals surface area contributed by atoms with Gasteiger partial charge in [-0.05, 0) is 39.3 Å². The minimum atomic E-state index is -0.660. The van der Waals surface area contributed by atoms with Crippen molar-refractivity contribution in [2.75, 3.05) is 33.4 Å². The van der Waals surface area contributed by atoms with Gasteiger partial charge in [0, 0.05) is 23.9 Å². The number of carbonyl (C=O) groups is 2. The highest BCUT2D eigenvalue weighted by atomic mass is 16.7. The van der Waals surface area contributed by atoms with Crippen molar-refractivity contribution in [3.8, 4) is 17.2 Å². The van der Waals surface area contributed by atoms with Gasteiger partial charge in [0.2, 0.25) is 0 Å². The standard InChI is InChI=1S/C21H27NO7/c1-12-8-13-17(14(10-23)18(12)28-11-25-5)16(26-6)9-15(19(13)27-7)22-20(24)29-21(2,3)4/h8-10H,11H2,1-7H3,(H,22,24). The fourth-order valence-electron chi connectivity index (χ4n) is 2.99. The van der Waals surface area contributed by atoms with E-state index < -0.39 is 11.7 Å². The fourth-order valence-corrected chi connectivity index (χ4v) is 2.99.